The molecule has 86 valence electrons. The maximum Gasteiger partial charge on any atom is 0.0596 e. The molecule has 0 fully saturated rings. The molecule has 1 atom stereocenters. The van der Waals surface area contributed by atoms with Crippen molar-refractivity contribution in [1.29, 1.82) is 0 Å². The topological polar surface area (TPSA) is 43.8 Å². The van der Waals surface area contributed by atoms with E-state index >= 15 is 0 Å². The molecule has 15 heavy (non-hydrogen) atoms. The number of hydrogen-bond donors (Lipinski definition) is 1. The molecule has 0 aliphatic rings. The second-order valence-corrected chi connectivity index (χ2v) is 4.84. The zero-order valence-electron chi connectivity index (χ0n) is 10.4. The Balaban J connectivity index is 2.78. The Morgan fingerprint density at radius 3 is 2.60 bits per heavy atom. The van der Waals surface area contributed by atoms with Gasteiger partial charge in [0, 0.05) is 12.7 Å². The van der Waals surface area contributed by atoms with Crippen molar-refractivity contribution in [3.8, 4) is 0 Å². The first-order valence-electron chi connectivity index (χ1n) is 5.70. The maximum absolute atomic E-state index is 5.87. The van der Waals surface area contributed by atoms with Gasteiger partial charge in [-0.2, -0.15) is 5.10 Å². The molecule has 1 aromatic rings. The minimum absolute atomic E-state index is 0.217. The summed E-state index contributed by atoms with van der Waals surface area (Å²) in [5.74, 6) is 0. The molecular weight excluding hydrogens is 186 g/mol. The van der Waals surface area contributed by atoms with Gasteiger partial charge in [0.1, 0.15) is 0 Å². The highest BCUT2D eigenvalue weighted by molar-refractivity contribution is 5.10. The molecule has 0 amide bonds. The van der Waals surface area contributed by atoms with Crippen LogP contribution in [0, 0.1) is 12.3 Å². The van der Waals surface area contributed by atoms with Crippen LogP contribution in [0.25, 0.3) is 0 Å². The second kappa shape index (κ2) is 4.79. The summed E-state index contributed by atoms with van der Waals surface area (Å²) in [7, 11) is 2.01. The smallest absolute Gasteiger partial charge is 0.0596 e. The van der Waals surface area contributed by atoms with Crippen LogP contribution in [0.5, 0.6) is 0 Å². The van der Waals surface area contributed by atoms with Gasteiger partial charge in [-0.3, -0.25) is 4.68 Å². The van der Waals surface area contributed by atoms with E-state index in [1.54, 1.807) is 0 Å². The number of aromatic nitrogens is 2. The van der Waals surface area contributed by atoms with Crippen LogP contribution in [0.2, 0.25) is 0 Å². The average Bonchev–Trinajstić information content (AvgIpc) is 2.45. The van der Waals surface area contributed by atoms with Gasteiger partial charge in [-0.05, 0) is 37.8 Å². The van der Waals surface area contributed by atoms with Crippen LogP contribution < -0.4 is 5.73 Å². The Labute approximate surface area is 92.7 Å². The van der Waals surface area contributed by atoms with E-state index < -0.39 is 0 Å². The van der Waals surface area contributed by atoms with Crippen molar-refractivity contribution in [2.75, 3.05) is 6.54 Å². The van der Waals surface area contributed by atoms with Gasteiger partial charge < -0.3 is 5.73 Å². The van der Waals surface area contributed by atoms with E-state index in [-0.39, 0.29) is 5.41 Å². The highest BCUT2D eigenvalue weighted by atomic mass is 15.3. The van der Waals surface area contributed by atoms with Gasteiger partial charge in [0.15, 0.2) is 0 Å². The molecule has 0 saturated carbocycles. The SMILES string of the molecule is CCCC(C)(CN)Cc1cc(C)nn1C. The van der Waals surface area contributed by atoms with Crippen molar-refractivity contribution in [2.24, 2.45) is 18.2 Å². The lowest BCUT2D eigenvalue weighted by atomic mass is 9.81. The Morgan fingerprint density at radius 2 is 2.20 bits per heavy atom. The first-order chi connectivity index (χ1) is 7.00. The van der Waals surface area contributed by atoms with Crippen LogP contribution in [0.3, 0.4) is 0 Å². The van der Waals surface area contributed by atoms with Crippen molar-refractivity contribution >= 4 is 0 Å². The van der Waals surface area contributed by atoms with Crippen molar-refractivity contribution in [3.63, 3.8) is 0 Å². The molecule has 0 radical (unpaired) electrons. The molecule has 0 saturated heterocycles. The Kier molecular flexibility index (Phi) is 3.91. The summed E-state index contributed by atoms with van der Waals surface area (Å²) >= 11 is 0. The summed E-state index contributed by atoms with van der Waals surface area (Å²) in [6.45, 7) is 7.25. The second-order valence-electron chi connectivity index (χ2n) is 4.84. The Morgan fingerprint density at radius 1 is 1.53 bits per heavy atom. The Bertz CT molecular complexity index is 317. The van der Waals surface area contributed by atoms with Gasteiger partial charge in [-0.25, -0.2) is 0 Å². The number of rotatable bonds is 5. The normalized spacial score (nSPS) is 15.3. The third-order valence-corrected chi connectivity index (χ3v) is 3.05. The molecule has 0 aliphatic heterocycles. The molecule has 3 nitrogen and oxygen atoms in total. The summed E-state index contributed by atoms with van der Waals surface area (Å²) in [5.41, 5.74) is 8.46. The molecule has 1 aromatic heterocycles. The molecule has 0 aromatic carbocycles. The first kappa shape index (κ1) is 12.2. The summed E-state index contributed by atoms with van der Waals surface area (Å²) < 4.78 is 1.97. The highest BCUT2D eigenvalue weighted by Crippen LogP contribution is 2.26. The molecule has 1 rings (SSSR count). The molecule has 3 heteroatoms. The van der Waals surface area contributed by atoms with Crippen molar-refractivity contribution < 1.29 is 0 Å². The van der Waals surface area contributed by atoms with Crippen LogP contribution in [-0.4, -0.2) is 16.3 Å². The summed E-state index contributed by atoms with van der Waals surface area (Å²) in [6, 6.07) is 2.16. The van der Waals surface area contributed by atoms with E-state index in [4.69, 9.17) is 5.73 Å². The van der Waals surface area contributed by atoms with Gasteiger partial charge in [-0.1, -0.05) is 20.3 Å². The van der Waals surface area contributed by atoms with E-state index in [1.165, 1.54) is 18.5 Å². The van der Waals surface area contributed by atoms with Gasteiger partial charge in [0.2, 0.25) is 0 Å². The number of hydrogen-bond acceptors (Lipinski definition) is 2. The fraction of sp³-hybridized carbons (Fsp3) is 0.750. The lowest BCUT2D eigenvalue weighted by molar-refractivity contribution is 0.295. The standard InChI is InChI=1S/C12H23N3/c1-5-6-12(3,9-13)8-11-7-10(2)14-15(11)4/h7H,5-6,8-9,13H2,1-4H3. The molecular formula is C12H23N3. The lowest BCUT2D eigenvalue weighted by Gasteiger charge is -2.27. The largest absolute Gasteiger partial charge is 0.330 e. The van der Waals surface area contributed by atoms with Crippen molar-refractivity contribution in [1.82, 2.24) is 9.78 Å². The Hall–Kier alpha value is -0.830. The summed E-state index contributed by atoms with van der Waals surface area (Å²) in [5, 5.41) is 4.37. The fourth-order valence-corrected chi connectivity index (χ4v) is 2.13. The van der Waals surface area contributed by atoms with Gasteiger partial charge in [0.05, 0.1) is 5.69 Å². The molecule has 2 N–H and O–H groups in total. The average molecular weight is 209 g/mol. The van der Waals surface area contributed by atoms with Crippen LogP contribution >= 0.6 is 0 Å². The number of nitrogens with two attached hydrogens (primary N) is 1. The van der Waals surface area contributed by atoms with E-state index in [0.29, 0.717) is 0 Å². The zero-order valence-corrected chi connectivity index (χ0v) is 10.4. The van der Waals surface area contributed by atoms with E-state index in [2.05, 4.69) is 25.0 Å². The summed E-state index contributed by atoms with van der Waals surface area (Å²) in [4.78, 5) is 0. The van der Waals surface area contributed by atoms with Crippen LogP contribution in [-0.2, 0) is 13.5 Å². The third kappa shape index (κ3) is 3.06. The highest BCUT2D eigenvalue weighted by Gasteiger charge is 2.23. The third-order valence-electron chi connectivity index (χ3n) is 3.05. The minimum atomic E-state index is 0.217. The van der Waals surface area contributed by atoms with Crippen molar-refractivity contribution in [3.05, 3.63) is 17.5 Å². The van der Waals surface area contributed by atoms with Gasteiger partial charge in [0.25, 0.3) is 0 Å². The molecule has 1 unspecified atom stereocenters. The van der Waals surface area contributed by atoms with Crippen molar-refractivity contribution in [2.45, 2.75) is 40.0 Å². The van der Waals surface area contributed by atoms with Crippen LogP contribution in [0.15, 0.2) is 6.07 Å². The minimum Gasteiger partial charge on any atom is -0.330 e. The number of nitrogens with zero attached hydrogens (tertiary/aromatic N) is 2. The predicted octanol–water partition coefficient (Wildman–Crippen LogP) is 2.04. The van der Waals surface area contributed by atoms with Gasteiger partial charge in [-0.15, -0.1) is 0 Å². The fourth-order valence-electron chi connectivity index (χ4n) is 2.13. The molecule has 1 heterocycles. The molecule has 0 bridgehead atoms. The van der Waals surface area contributed by atoms with E-state index in [1.807, 2.05) is 18.7 Å². The van der Waals surface area contributed by atoms with E-state index in [0.717, 1.165) is 18.7 Å². The molecule has 0 spiro atoms. The van der Waals surface area contributed by atoms with Crippen LogP contribution in [0.1, 0.15) is 38.1 Å². The zero-order chi connectivity index (χ0) is 11.5. The van der Waals surface area contributed by atoms with E-state index in [9.17, 15) is 0 Å². The van der Waals surface area contributed by atoms with Gasteiger partial charge >= 0.3 is 0 Å². The predicted molar refractivity (Wildman–Crippen MR) is 63.7 cm³/mol. The monoisotopic (exact) mass is 209 g/mol. The molecule has 0 aliphatic carbocycles. The lowest BCUT2D eigenvalue weighted by Crippen LogP contribution is -2.30. The maximum atomic E-state index is 5.87. The quantitative estimate of drug-likeness (QED) is 0.806. The number of aryl methyl sites for hydroxylation is 2. The summed E-state index contributed by atoms with van der Waals surface area (Å²) in [6.07, 6.45) is 3.38. The first-order valence-corrected chi connectivity index (χ1v) is 5.70. The van der Waals surface area contributed by atoms with Crippen LogP contribution in [0.4, 0.5) is 0 Å².